The molecule has 0 saturated carbocycles. The fourth-order valence-corrected chi connectivity index (χ4v) is 2.88. The van der Waals surface area contributed by atoms with Gasteiger partial charge in [-0.1, -0.05) is 47.5 Å². The molecule has 4 rings (SSSR count). The summed E-state index contributed by atoms with van der Waals surface area (Å²) in [6.45, 7) is 0. The van der Waals surface area contributed by atoms with Gasteiger partial charge in [0.25, 0.3) is 0 Å². The SMILES string of the molecule is Oc1ccc(N=Cc2cccc(Cl)c2Cl)cc1-c1nc2ccccc2o1. The Morgan fingerprint density at radius 1 is 1.00 bits per heavy atom. The number of aromatic hydroxyl groups is 1. The standard InChI is InChI=1S/C20H12Cl2N2O2/c21-15-5-3-4-12(19(15)22)11-23-13-8-9-17(25)14(10-13)20-24-16-6-1-2-7-18(16)26-20/h1-11,25H. The number of nitrogens with zero attached hydrogens (tertiary/aromatic N) is 2. The molecule has 4 aromatic rings. The van der Waals surface area contributed by atoms with E-state index in [0.29, 0.717) is 38.3 Å². The molecule has 0 aliphatic rings. The summed E-state index contributed by atoms with van der Waals surface area (Å²) < 4.78 is 5.73. The molecular formula is C20H12Cl2N2O2. The van der Waals surface area contributed by atoms with E-state index in [4.69, 9.17) is 27.6 Å². The quantitative estimate of drug-likeness (QED) is 0.425. The fraction of sp³-hybridized carbons (Fsp3) is 0. The van der Waals surface area contributed by atoms with Crippen LogP contribution in [0.4, 0.5) is 5.69 Å². The summed E-state index contributed by atoms with van der Waals surface area (Å²) >= 11 is 12.2. The second-order valence-corrected chi connectivity index (χ2v) is 6.37. The molecule has 1 N–H and O–H groups in total. The van der Waals surface area contributed by atoms with Crippen LogP contribution >= 0.6 is 23.2 Å². The number of para-hydroxylation sites is 2. The van der Waals surface area contributed by atoms with Crippen molar-refractivity contribution < 1.29 is 9.52 Å². The molecule has 6 heteroatoms. The Hall–Kier alpha value is -2.82. The highest BCUT2D eigenvalue weighted by atomic mass is 35.5. The van der Waals surface area contributed by atoms with Crippen LogP contribution in [-0.4, -0.2) is 16.3 Å². The van der Waals surface area contributed by atoms with E-state index in [2.05, 4.69) is 9.98 Å². The fourth-order valence-electron chi connectivity index (χ4n) is 2.53. The second-order valence-electron chi connectivity index (χ2n) is 5.59. The van der Waals surface area contributed by atoms with E-state index in [1.54, 1.807) is 36.5 Å². The van der Waals surface area contributed by atoms with E-state index >= 15 is 0 Å². The monoisotopic (exact) mass is 382 g/mol. The van der Waals surface area contributed by atoms with Crippen LogP contribution in [0.2, 0.25) is 10.0 Å². The van der Waals surface area contributed by atoms with Gasteiger partial charge in [0.1, 0.15) is 11.3 Å². The van der Waals surface area contributed by atoms with Crippen molar-refractivity contribution in [1.29, 1.82) is 0 Å². The molecule has 0 aliphatic carbocycles. The van der Waals surface area contributed by atoms with Crippen molar-refractivity contribution in [3.8, 4) is 17.2 Å². The number of phenols is 1. The van der Waals surface area contributed by atoms with Crippen LogP contribution in [0.1, 0.15) is 5.56 Å². The van der Waals surface area contributed by atoms with Crippen LogP contribution in [0.5, 0.6) is 5.75 Å². The number of hydrogen-bond acceptors (Lipinski definition) is 4. The minimum atomic E-state index is 0.0660. The van der Waals surface area contributed by atoms with E-state index in [1.165, 1.54) is 0 Å². The molecule has 26 heavy (non-hydrogen) atoms. The third-order valence-electron chi connectivity index (χ3n) is 3.84. The normalized spacial score (nSPS) is 11.5. The molecule has 128 valence electrons. The second kappa shape index (κ2) is 6.83. The van der Waals surface area contributed by atoms with Gasteiger partial charge in [0.15, 0.2) is 5.58 Å². The lowest BCUT2D eigenvalue weighted by molar-refractivity contribution is 0.474. The lowest BCUT2D eigenvalue weighted by Crippen LogP contribution is -1.84. The highest BCUT2D eigenvalue weighted by Gasteiger charge is 2.13. The Bertz CT molecular complexity index is 1100. The Morgan fingerprint density at radius 2 is 1.85 bits per heavy atom. The number of rotatable bonds is 3. The van der Waals surface area contributed by atoms with Gasteiger partial charge >= 0.3 is 0 Å². The number of benzene rings is 3. The average molecular weight is 383 g/mol. The van der Waals surface area contributed by atoms with E-state index in [-0.39, 0.29) is 5.75 Å². The summed E-state index contributed by atoms with van der Waals surface area (Å²) in [7, 11) is 0. The van der Waals surface area contributed by atoms with Gasteiger partial charge in [-0.2, -0.15) is 0 Å². The first-order valence-corrected chi connectivity index (χ1v) is 8.54. The van der Waals surface area contributed by atoms with Gasteiger partial charge in [-0.25, -0.2) is 4.98 Å². The molecule has 0 amide bonds. The van der Waals surface area contributed by atoms with Gasteiger partial charge in [0.05, 0.1) is 21.3 Å². The third kappa shape index (κ3) is 3.17. The van der Waals surface area contributed by atoms with Crippen LogP contribution in [0.15, 0.2) is 70.1 Å². The number of phenolic OH excluding ortho intramolecular Hbond substituents is 1. The zero-order chi connectivity index (χ0) is 18.1. The molecule has 0 fully saturated rings. The van der Waals surface area contributed by atoms with Crippen molar-refractivity contribution in [2.24, 2.45) is 4.99 Å². The largest absolute Gasteiger partial charge is 0.507 e. The maximum atomic E-state index is 10.2. The summed E-state index contributed by atoms with van der Waals surface area (Å²) in [6.07, 6.45) is 1.62. The van der Waals surface area contributed by atoms with Crippen LogP contribution in [0.25, 0.3) is 22.6 Å². The predicted octanol–water partition coefficient (Wildman–Crippen LogP) is 6.26. The van der Waals surface area contributed by atoms with Crippen molar-refractivity contribution in [2.75, 3.05) is 0 Å². The first-order valence-electron chi connectivity index (χ1n) is 7.79. The highest BCUT2D eigenvalue weighted by Crippen LogP contribution is 2.34. The van der Waals surface area contributed by atoms with E-state index < -0.39 is 0 Å². The smallest absolute Gasteiger partial charge is 0.231 e. The number of fused-ring (bicyclic) bond motifs is 1. The lowest BCUT2D eigenvalue weighted by atomic mass is 10.1. The van der Waals surface area contributed by atoms with Crippen molar-refractivity contribution in [3.05, 3.63) is 76.3 Å². The number of aliphatic imine (C=N–C) groups is 1. The maximum Gasteiger partial charge on any atom is 0.231 e. The molecule has 0 saturated heterocycles. The molecule has 4 nitrogen and oxygen atoms in total. The van der Waals surface area contributed by atoms with Gasteiger partial charge in [0.2, 0.25) is 5.89 Å². The summed E-state index contributed by atoms with van der Waals surface area (Å²) in [6, 6.07) is 17.7. The van der Waals surface area contributed by atoms with E-state index in [1.807, 2.05) is 30.3 Å². The topological polar surface area (TPSA) is 58.6 Å². The molecule has 0 bridgehead atoms. The number of aromatic nitrogens is 1. The first-order chi connectivity index (χ1) is 12.6. The summed E-state index contributed by atoms with van der Waals surface area (Å²) in [4.78, 5) is 8.82. The molecular weight excluding hydrogens is 371 g/mol. The number of halogens is 2. The van der Waals surface area contributed by atoms with Gasteiger partial charge in [-0.3, -0.25) is 4.99 Å². The molecule has 0 aliphatic heterocycles. The molecule has 1 heterocycles. The van der Waals surface area contributed by atoms with Crippen LogP contribution in [0, 0.1) is 0 Å². The minimum absolute atomic E-state index is 0.0660. The number of oxazole rings is 1. The molecule has 3 aromatic carbocycles. The van der Waals surface area contributed by atoms with Gasteiger partial charge < -0.3 is 9.52 Å². The first kappa shape index (κ1) is 16.6. The predicted molar refractivity (Wildman–Crippen MR) is 105 cm³/mol. The summed E-state index contributed by atoms with van der Waals surface area (Å²) in [5.74, 6) is 0.401. The average Bonchev–Trinajstić information content (AvgIpc) is 3.08. The molecule has 0 spiro atoms. The van der Waals surface area contributed by atoms with Gasteiger partial charge in [0, 0.05) is 11.8 Å². The van der Waals surface area contributed by atoms with Crippen molar-refractivity contribution >= 4 is 46.2 Å². The molecule has 0 atom stereocenters. The molecule has 0 unspecified atom stereocenters. The Kier molecular flexibility index (Phi) is 4.37. The zero-order valence-corrected chi connectivity index (χ0v) is 14.9. The van der Waals surface area contributed by atoms with Gasteiger partial charge in [-0.05, 0) is 36.4 Å². The van der Waals surface area contributed by atoms with E-state index in [9.17, 15) is 5.11 Å². The Morgan fingerprint density at radius 3 is 2.69 bits per heavy atom. The highest BCUT2D eigenvalue weighted by molar-refractivity contribution is 6.43. The number of hydrogen-bond donors (Lipinski definition) is 1. The van der Waals surface area contributed by atoms with Crippen molar-refractivity contribution in [2.45, 2.75) is 0 Å². The Labute approximate surface area is 159 Å². The summed E-state index contributed by atoms with van der Waals surface area (Å²) in [5, 5.41) is 11.1. The van der Waals surface area contributed by atoms with Crippen LogP contribution in [-0.2, 0) is 0 Å². The third-order valence-corrected chi connectivity index (χ3v) is 4.67. The van der Waals surface area contributed by atoms with Gasteiger partial charge in [-0.15, -0.1) is 0 Å². The van der Waals surface area contributed by atoms with Crippen LogP contribution in [0.3, 0.4) is 0 Å². The minimum Gasteiger partial charge on any atom is -0.507 e. The summed E-state index contributed by atoms with van der Waals surface area (Å²) in [5.41, 5.74) is 3.17. The van der Waals surface area contributed by atoms with Crippen molar-refractivity contribution in [3.63, 3.8) is 0 Å². The lowest BCUT2D eigenvalue weighted by Gasteiger charge is -2.03. The maximum absolute atomic E-state index is 10.2. The molecule has 1 aromatic heterocycles. The van der Waals surface area contributed by atoms with E-state index in [0.717, 1.165) is 5.52 Å². The Balaban J connectivity index is 1.72. The van der Waals surface area contributed by atoms with Crippen molar-refractivity contribution in [1.82, 2.24) is 4.98 Å². The zero-order valence-electron chi connectivity index (χ0n) is 13.4. The molecule has 0 radical (unpaired) electrons. The van der Waals surface area contributed by atoms with Crippen LogP contribution < -0.4 is 0 Å².